The number of hydrogen-bond donors (Lipinski definition) is 0. The van der Waals surface area contributed by atoms with Crippen LogP contribution in [-0.2, 0) is 16.0 Å². The van der Waals surface area contributed by atoms with E-state index in [0.29, 0.717) is 12.0 Å². The van der Waals surface area contributed by atoms with Gasteiger partial charge in [-0.25, -0.2) is 0 Å². The zero-order valence-corrected chi connectivity index (χ0v) is 15.6. The number of benzene rings is 1. The van der Waals surface area contributed by atoms with Gasteiger partial charge in [0.1, 0.15) is 0 Å². The fourth-order valence-electron chi connectivity index (χ4n) is 3.35. The van der Waals surface area contributed by atoms with E-state index in [-0.39, 0.29) is 0 Å². The molecule has 0 saturated carbocycles. The fourth-order valence-corrected chi connectivity index (χ4v) is 3.35. The predicted molar refractivity (Wildman–Crippen MR) is 100 cm³/mol. The minimum Gasteiger partial charge on any atom is -0.381 e. The van der Waals surface area contributed by atoms with Gasteiger partial charge < -0.3 is 9.47 Å². The maximum Gasteiger partial charge on any atom is 0.0706 e. The van der Waals surface area contributed by atoms with Gasteiger partial charge in [-0.15, -0.1) is 0 Å². The van der Waals surface area contributed by atoms with E-state index >= 15 is 0 Å². The van der Waals surface area contributed by atoms with Crippen molar-refractivity contribution >= 4 is 0 Å². The Morgan fingerprint density at radius 3 is 2.50 bits per heavy atom. The predicted octanol–water partition coefficient (Wildman–Crippen LogP) is 4.51. The van der Waals surface area contributed by atoms with E-state index in [1.54, 1.807) is 0 Å². The number of likely N-dealkylation sites (tertiary alicyclic amines) is 1. The van der Waals surface area contributed by atoms with Crippen LogP contribution in [0.25, 0.3) is 0 Å². The first-order valence-electron chi connectivity index (χ1n) is 9.77. The average Bonchev–Trinajstić information content (AvgIpc) is 2.60. The Balaban J connectivity index is 1.85. The normalized spacial score (nSPS) is 21.9. The Labute approximate surface area is 148 Å². The zero-order valence-electron chi connectivity index (χ0n) is 15.6. The third kappa shape index (κ3) is 7.33. The molecule has 0 spiro atoms. The molecule has 1 aliphatic rings. The number of hydrogen-bond acceptors (Lipinski definition) is 3. The first kappa shape index (κ1) is 19.4. The van der Waals surface area contributed by atoms with Crippen molar-refractivity contribution in [3.63, 3.8) is 0 Å². The van der Waals surface area contributed by atoms with Crippen molar-refractivity contribution in [2.24, 2.45) is 5.92 Å². The SMILES string of the molecule is CCCCOC[C@@H]1C[C@H](OCCCC)CN(Cc2ccccc2)C1. The highest BCUT2D eigenvalue weighted by Crippen LogP contribution is 2.22. The van der Waals surface area contributed by atoms with Gasteiger partial charge >= 0.3 is 0 Å². The van der Waals surface area contributed by atoms with Gasteiger partial charge in [0.2, 0.25) is 0 Å². The van der Waals surface area contributed by atoms with Crippen molar-refractivity contribution in [3.8, 4) is 0 Å². The van der Waals surface area contributed by atoms with Crippen LogP contribution in [0.3, 0.4) is 0 Å². The van der Waals surface area contributed by atoms with E-state index in [4.69, 9.17) is 9.47 Å². The molecule has 2 atom stereocenters. The summed E-state index contributed by atoms with van der Waals surface area (Å²) in [5.41, 5.74) is 1.39. The largest absolute Gasteiger partial charge is 0.381 e. The Morgan fingerprint density at radius 1 is 1.00 bits per heavy atom. The first-order valence-corrected chi connectivity index (χ1v) is 9.77. The molecule has 0 aliphatic carbocycles. The van der Waals surface area contributed by atoms with Crippen molar-refractivity contribution in [1.82, 2.24) is 4.90 Å². The van der Waals surface area contributed by atoms with Crippen LogP contribution in [-0.4, -0.2) is 43.9 Å². The number of piperidine rings is 1. The van der Waals surface area contributed by atoms with Crippen LogP contribution >= 0.6 is 0 Å². The van der Waals surface area contributed by atoms with Crippen LogP contribution in [0.15, 0.2) is 30.3 Å². The molecule has 0 unspecified atom stereocenters. The van der Waals surface area contributed by atoms with Crippen LogP contribution in [0, 0.1) is 5.92 Å². The molecule has 3 nitrogen and oxygen atoms in total. The molecule has 0 radical (unpaired) electrons. The van der Waals surface area contributed by atoms with E-state index in [1.807, 2.05) is 0 Å². The van der Waals surface area contributed by atoms with Gasteiger partial charge in [-0.2, -0.15) is 0 Å². The smallest absolute Gasteiger partial charge is 0.0706 e. The van der Waals surface area contributed by atoms with E-state index in [9.17, 15) is 0 Å². The lowest BCUT2D eigenvalue weighted by Gasteiger charge is -2.37. The summed E-state index contributed by atoms with van der Waals surface area (Å²) in [6, 6.07) is 10.8. The molecule has 2 rings (SSSR count). The first-order chi connectivity index (χ1) is 11.8. The second-order valence-corrected chi connectivity index (χ2v) is 7.06. The number of nitrogens with zero attached hydrogens (tertiary/aromatic N) is 1. The summed E-state index contributed by atoms with van der Waals surface area (Å²) in [4.78, 5) is 2.54. The molecular formula is C21H35NO2. The van der Waals surface area contributed by atoms with Crippen LogP contribution in [0.2, 0.25) is 0 Å². The van der Waals surface area contributed by atoms with Gasteiger partial charge in [0.05, 0.1) is 12.7 Å². The Bertz CT molecular complexity index is 423. The average molecular weight is 334 g/mol. The van der Waals surface area contributed by atoms with Crippen molar-refractivity contribution in [2.75, 3.05) is 32.9 Å². The van der Waals surface area contributed by atoms with Crippen molar-refractivity contribution in [3.05, 3.63) is 35.9 Å². The van der Waals surface area contributed by atoms with E-state index in [1.165, 1.54) is 18.4 Å². The highest BCUT2D eigenvalue weighted by atomic mass is 16.5. The Hall–Kier alpha value is -0.900. The van der Waals surface area contributed by atoms with Gasteiger partial charge in [0, 0.05) is 32.8 Å². The third-order valence-electron chi connectivity index (χ3n) is 4.67. The number of rotatable bonds is 11. The molecule has 136 valence electrons. The molecule has 1 saturated heterocycles. The number of unbranched alkanes of at least 4 members (excludes halogenated alkanes) is 2. The molecule has 1 aromatic carbocycles. The minimum atomic E-state index is 0.355. The highest BCUT2D eigenvalue weighted by molar-refractivity contribution is 5.14. The van der Waals surface area contributed by atoms with Gasteiger partial charge in [0.15, 0.2) is 0 Å². The monoisotopic (exact) mass is 333 g/mol. The molecule has 1 aromatic rings. The van der Waals surface area contributed by atoms with Crippen molar-refractivity contribution in [1.29, 1.82) is 0 Å². The summed E-state index contributed by atoms with van der Waals surface area (Å²) >= 11 is 0. The second-order valence-electron chi connectivity index (χ2n) is 7.06. The maximum absolute atomic E-state index is 6.15. The summed E-state index contributed by atoms with van der Waals surface area (Å²) in [6.07, 6.45) is 6.22. The molecule has 1 aliphatic heterocycles. The summed E-state index contributed by atoms with van der Waals surface area (Å²) in [7, 11) is 0. The molecule has 0 amide bonds. The van der Waals surface area contributed by atoms with Gasteiger partial charge in [-0.1, -0.05) is 57.0 Å². The topological polar surface area (TPSA) is 21.7 Å². The summed E-state index contributed by atoms with van der Waals surface area (Å²) in [5, 5.41) is 0. The zero-order chi connectivity index (χ0) is 17.0. The molecule has 1 heterocycles. The van der Waals surface area contributed by atoms with Crippen LogP contribution in [0.4, 0.5) is 0 Å². The molecule has 24 heavy (non-hydrogen) atoms. The Kier molecular flexibility index (Phi) is 9.40. The Morgan fingerprint density at radius 2 is 1.75 bits per heavy atom. The second kappa shape index (κ2) is 11.6. The molecule has 3 heteroatoms. The van der Waals surface area contributed by atoms with Crippen LogP contribution in [0.5, 0.6) is 0 Å². The van der Waals surface area contributed by atoms with Gasteiger partial charge in [-0.3, -0.25) is 4.90 Å². The molecular weight excluding hydrogens is 298 g/mol. The van der Waals surface area contributed by atoms with Gasteiger partial charge in [-0.05, 0) is 30.7 Å². The van der Waals surface area contributed by atoms with E-state index in [2.05, 4.69) is 49.1 Å². The number of ether oxygens (including phenoxy) is 2. The quantitative estimate of drug-likeness (QED) is 0.556. The molecule has 0 N–H and O–H groups in total. The van der Waals surface area contributed by atoms with Crippen molar-refractivity contribution < 1.29 is 9.47 Å². The minimum absolute atomic E-state index is 0.355. The lowest BCUT2D eigenvalue weighted by atomic mass is 9.96. The summed E-state index contributed by atoms with van der Waals surface area (Å²) < 4.78 is 12.1. The van der Waals surface area contributed by atoms with Crippen LogP contribution in [0.1, 0.15) is 51.5 Å². The van der Waals surface area contributed by atoms with E-state index in [0.717, 1.165) is 58.7 Å². The van der Waals surface area contributed by atoms with Gasteiger partial charge in [0.25, 0.3) is 0 Å². The standard InChI is InChI=1S/C21H35NO2/c1-3-5-12-23-18-20-14-21(24-13-6-4-2)17-22(16-20)15-19-10-8-7-9-11-19/h7-11,20-21H,3-6,12-18H2,1-2H3/t20-,21+/m1/s1. The van der Waals surface area contributed by atoms with Crippen LogP contribution < -0.4 is 0 Å². The maximum atomic E-state index is 6.15. The summed E-state index contributed by atoms with van der Waals surface area (Å²) in [6.45, 7) is 10.3. The molecule has 0 bridgehead atoms. The van der Waals surface area contributed by atoms with Crippen molar-refractivity contribution in [2.45, 2.75) is 58.6 Å². The fraction of sp³-hybridized carbons (Fsp3) is 0.714. The third-order valence-corrected chi connectivity index (χ3v) is 4.67. The lowest BCUT2D eigenvalue weighted by Crippen LogP contribution is -2.45. The highest BCUT2D eigenvalue weighted by Gasteiger charge is 2.27. The van der Waals surface area contributed by atoms with E-state index < -0.39 is 0 Å². The molecule has 0 aromatic heterocycles. The lowest BCUT2D eigenvalue weighted by molar-refractivity contribution is -0.0412. The summed E-state index contributed by atoms with van der Waals surface area (Å²) in [5.74, 6) is 0.589. The molecule has 1 fully saturated rings.